The second-order valence-corrected chi connectivity index (χ2v) is 9.16. The third-order valence-electron chi connectivity index (χ3n) is 5.41. The van der Waals surface area contributed by atoms with Crippen LogP contribution in [-0.2, 0) is 10.0 Å². The number of sulfonamides is 1. The number of methoxy groups -OCH3 is 1. The van der Waals surface area contributed by atoms with Crippen molar-refractivity contribution in [2.45, 2.75) is 4.90 Å². The Morgan fingerprint density at radius 1 is 1.06 bits per heavy atom. The van der Waals surface area contributed by atoms with Crippen LogP contribution in [0.1, 0.15) is 20.7 Å². The third kappa shape index (κ3) is 3.69. The van der Waals surface area contributed by atoms with E-state index in [1.807, 2.05) is 0 Å². The van der Waals surface area contributed by atoms with Crippen molar-refractivity contribution in [2.24, 2.45) is 0 Å². The lowest BCUT2D eigenvalue weighted by Crippen LogP contribution is -2.15. The normalized spacial score (nSPS) is 12.3. The molecule has 10 heteroatoms. The standard InChI is InChI=1S/C24H18N4O5S/c1-33-20-12-15(7-8-18(20)26-23(29)14-4-3-11-25-13-14)28-34(31,32)21-10-9-19-22-16(21)5-2-6-17(22)24(30)27-19/h2-13,28H,1H3,(H,26,29)(H,27,30). The first-order valence-corrected chi connectivity index (χ1v) is 11.6. The van der Waals surface area contributed by atoms with Crippen LogP contribution in [0, 0.1) is 0 Å². The summed E-state index contributed by atoms with van der Waals surface area (Å²) >= 11 is 0. The zero-order chi connectivity index (χ0) is 23.9. The molecule has 1 aromatic heterocycles. The number of nitrogens with zero attached hydrogens (tertiary/aromatic N) is 1. The SMILES string of the molecule is COc1cc(NS(=O)(=O)c2ccc3c4c(cccc24)C(=O)N3)ccc1NC(=O)c1cccnc1. The maximum atomic E-state index is 13.3. The van der Waals surface area contributed by atoms with Crippen molar-refractivity contribution < 1.29 is 22.7 Å². The van der Waals surface area contributed by atoms with Gasteiger partial charge in [0.2, 0.25) is 0 Å². The van der Waals surface area contributed by atoms with Crippen LogP contribution in [0.4, 0.5) is 17.1 Å². The highest BCUT2D eigenvalue weighted by Crippen LogP contribution is 2.37. The van der Waals surface area contributed by atoms with Crippen molar-refractivity contribution >= 4 is 49.7 Å². The Hall–Kier alpha value is -4.44. The minimum absolute atomic E-state index is 0.0394. The molecule has 5 rings (SSSR count). The molecule has 2 amide bonds. The molecule has 0 atom stereocenters. The number of rotatable bonds is 6. The van der Waals surface area contributed by atoms with E-state index in [-0.39, 0.29) is 28.1 Å². The van der Waals surface area contributed by atoms with Crippen molar-refractivity contribution in [3.8, 4) is 5.75 Å². The van der Waals surface area contributed by atoms with Crippen LogP contribution >= 0.6 is 0 Å². The van der Waals surface area contributed by atoms with E-state index in [2.05, 4.69) is 20.3 Å². The van der Waals surface area contributed by atoms with Gasteiger partial charge in [0.1, 0.15) is 5.75 Å². The Balaban J connectivity index is 1.45. The molecule has 0 radical (unpaired) electrons. The molecular formula is C24H18N4O5S. The molecule has 3 N–H and O–H groups in total. The van der Waals surface area contributed by atoms with Gasteiger partial charge >= 0.3 is 0 Å². The topological polar surface area (TPSA) is 126 Å². The molecule has 9 nitrogen and oxygen atoms in total. The van der Waals surface area contributed by atoms with E-state index in [1.54, 1.807) is 48.7 Å². The predicted octanol–water partition coefficient (Wildman–Crippen LogP) is 3.86. The smallest absolute Gasteiger partial charge is 0.262 e. The number of nitrogens with one attached hydrogen (secondary N) is 3. The fourth-order valence-corrected chi connectivity index (χ4v) is 5.11. The molecule has 0 spiro atoms. The fraction of sp³-hybridized carbons (Fsp3) is 0.0417. The maximum Gasteiger partial charge on any atom is 0.262 e. The Bertz CT molecular complexity index is 1570. The van der Waals surface area contributed by atoms with Gasteiger partial charge in [0.25, 0.3) is 21.8 Å². The van der Waals surface area contributed by atoms with Crippen LogP contribution in [0.5, 0.6) is 5.75 Å². The molecule has 0 bridgehead atoms. The van der Waals surface area contributed by atoms with Crippen molar-refractivity contribution in [3.63, 3.8) is 0 Å². The van der Waals surface area contributed by atoms with Gasteiger partial charge in [-0.3, -0.25) is 19.3 Å². The molecule has 3 aromatic carbocycles. The minimum Gasteiger partial charge on any atom is -0.494 e. The highest BCUT2D eigenvalue weighted by Gasteiger charge is 2.26. The molecule has 34 heavy (non-hydrogen) atoms. The van der Waals surface area contributed by atoms with Crippen LogP contribution in [0.15, 0.2) is 78.0 Å². The molecule has 0 saturated heterocycles. The Labute approximate surface area is 194 Å². The van der Waals surface area contributed by atoms with E-state index in [1.165, 1.54) is 31.5 Å². The molecule has 0 aliphatic carbocycles. The zero-order valence-corrected chi connectivity index (χ0v) is 18.6. The zero-order valence-electron chi connectivity index (χ0n) is 17.8. The van der Waals surface area contributed by atoms with Gasteiger partial charge in [-0.2, -0.15) is 0 Å². The van der Waals surface area contributed by atoms with Crippen LogP contribution in [0.3, 0.4) is 0 Å². The van der Waals surface area contributed by atoms with Gasteiger partial charge in [0.15, 0.2) is 0 Å². The monoisotopic (exact) mass is 474 g/mol. The van der Waals surface area contributed by atoms with Gasteiger partial charge in [-0.15, -0.1) is 0 Å². The Morgan fingerprint density at radius 2 is 1.91 bits per heavy atom. The van der Waals surface area contributed by atoms with Crippen LogP contribution in [0.25, 0.3) is 10.8 Å². The summed E-state index contributed by atoms with van der Waals surface area (Å²) in [5.74, 6) is -0.375. The summed E-state index contributed by atoms with van der Waals surface area (Å²) in [7, 11) is -2.59. The second kappa shape index (κ2) is 8.16. The Kier molecular flexibility index (Phi) is 5.14. The van der Waals surface area contributed by atoms with Crippen molar-refractivity contribution in [1.82, 2.24) is 4.98 Å². The molecule has 1 aliphatic heterocycles. The number of anilines is 3. The van der Waals surface area contributed by atoms with E-state index in [0.717, 1.165) is 0 Å². The van der Waals surface area contributed by atoms with Gasteiger partial charge in [0, 0.05) is 40.5 Å². The summed E-state index contributed by atoms with van der Waals surface area (Å²) in [6.45, 7) is 0. The molecule has 1 aliphatic rings. The van der Waals surface area contributed by atoms with Crippen molar-refractivity contribution in [1.29, 1.82) is 0 Å². The number of carbonyl (C=O) groups is 2. The maximum absolute atomic E-state index is 13.3. The quantitative estimate of drug-likeness (QED) is 0.390. The van der Waals surface area contributed by atoms with E-state index in [0.29, 0.717) is 33.3 Å². The van der Waals surface area contributed by atoms with E-state index < -0.39 is 10.0 Å². The average Bonchev–Trinajstić information content (AvgIpc) is 3.17. The third-order valence-corrected chi connectivity index (χ3v) is 6.85. The summed E-state index contributed by atoms with van der Waals surface area (Å²) in [6.07, 6.45) is 3.00. The number of amides is 2. The summed E-state index contributed by atoms with van der Waals surface area (Å²) in [5.41, 5.74) is 1.99. The van der Waals surface area contributed by atoms with Gasteiger partial charge < -0.3 is 15.4 Å². The highest BCUT2D eigenvalue weighted by molar-refractivity contribution is 7.93. The number of hydrogen-bond acceptors (Lipinski definition) is 6. The lowest BCUT2D eigenvalue weighted by molar-refractivity contribution is 0.102. The molecule has 170 valence electrons. The van der Waals surface area contributed by atoms with Gasteiger partial charge in [0.05, 0.1) is 28.9 Å². The first-order chi connectivity index (χ1) is 16.4. The number of carbonyl (C=O) groups excluding carboxylic acids is 2. The molecule has 0 fully saturated rings. The predicted molar refractivity (Wildman–Crippen MR) is 128 cm³/mol. The molecule has 0 unspecified atom stereocenters. The fourth-order valence-electron chi connectivity index (χ4n) is 3.86. The summed E-state index contributed by atoms with van der Waals surface area (Å²) < 4.78 is 34.4. The van der Waals surface area contributed by atoms with Crippen LogP contribution in [0.2, 0.25) is 0 Å². The van der Waals surface area contributed by atoms with Gasteiger partial charge in [-0.25, -0.2) is 8.42 Å². The van der Waals surface area contributed by atoms with Gasteiger partial charge in [-0.05, 0) is 42.5 Å². The number of hydrogen-bond donors (Lipinski definition) is 3. The minimum atomic E-state index is -4.01. The van der Waals surface area contributed by atoms with Crippen molar-refractivity contribution in [3.05, 3.63) is 84.2 Å². The summed E-state index contributed by atoms with van der Waals surface area (Å²) in [5, 5.41) is 6.47. The van der Waals surface area contributed by atoms with E-state index >= 15 is 0 Å². The number of benzene rings is 3. The molecule has 0 saturated carbocycles. The van der Waals surface area contributed by atoms with E-state index in [9.17, 15) is 18.0 Å². The Morgan fingerprint density at radius 3 is 2.68 bits per heavy atom. The largest absolute Gasteiger partial charge is 0.494 e. The highest BCUT2D eigenvalue weighted by atomic mass is 32.2. The lowest BCUT2D eigenvalue weighted by atomic mass is 10.1. The summed E-state index contributed by atoms with van der Waals surface area (Å²) in [4.78, 5) is 28.5. The molecular weight excluding hydrogens is 456 g/mol. The van der Waals surface area contributed by atoms with Gasteiger partial charge in [-0.1, -0.05) is 12.1 Å². The number of pyridine rings is 1. The first-order valence-electron chi connectivity index (χ1n) is 10.2. The van der Waals surface area contributed by atoms with Crippen LogP contribution < -0.4 is 20.1 Å². The van der Waals surface area contributed by atoms with E-state index in [4.69, 9.17) is 4.74 Å². The molecule has 2 heterocycles. The second-order valence-electron chi connectivity index (χ2n) is 7.51. The first kappa shape index (κ1) is 21.4. The van der Waals surface area contributed by atoms with Crippen molar-refractivity contribution in [2.75, 3.05) is 22.5 Å². The molecule has 4 aromatic rings. The van der Waals surface area contributed by atoms with Crippen LogP contribution in [-0.4, -0.2) is 32.3 Å². The summed E-state index contributed by atoms with van der Waals surface area (Å²) in [6, 6.07) is 15.8. The lowest BCUT2D eigenvalue weighted by Gasteiger charge is -2.14. The number of ether oxygens (including phenoxy) is 1. The number of aromatic nitrogens is 1. The average molecular weight is 474 g/mol.